The molecule has 0 saturated heterocycles. The van der Waals surface area contributed by atoms with E-state index in [1.807, 2.05) is 0 Å². The van der Waals surface area contributed by atoms with Crippen molar-refractivity contribution in [1.82, 2.24) is 10.6 Å². The average Bonchev–Trinajstić information content (AvgIpc) is 3.17. The van der Waals surface area contributed by atoms with Gasteiger partial charge in [0.25, 0.3) is 0 Å². The van der Waals surface area contributed by atoms with E-state index in [1.165, 1.54) is 64.9 Å². The fourth-order valence-corrected chi connectivity index (χ4v) is 9.70. The molecule has 0 radical (unpaired) electrons. The third kappa shape index (κ3) is 5.10. The van der Waals surface area contributed by atoms with Gasteiger partial charge in [-0.05, 0) is 111 Å². The van der Waals surface area contributed by atoms with Crippen LogP contribution in [0.5, 0.6) is 0 Å². The smallest absolute Gasteiger partial charge is 0.305 e. The van der Waals surface area contributed by atoms with Gasteiger partial charge in [0.1, 0.15) is 0 Å². The summed E-state index contributed by atoms with van der Waals surface area (Å²) in [5.41, 5.74) is 1.05. The standard InChI is InChI=1S/C30H54N2O2/c1-20(2)31-17-18-32-23-13-15-29(4)22(19-23)8-9-24-26-11-10-25(21(3)7-12-28(33)34-6)30(26,5)16-14-27(24)29/h20-27,31-32H,7-19H2,1-6H3/t21-,22-,23+,24?,25-,26?,27?,29+,30-/m1/s1. The first-order chi connectivity index (χ1) is 16.2. The van der Waals surface area contributed by atoms with Crippen LogP contribution >= 0.6 is 0 Å². The Morgan fingerprint density at radius 3 is 2.41 bits per heavy atom. The Morgan fingerprint density at radius 1 is 0.941 bits per heavy atom. The summed E-state index contributed by atoms with van der Waals surface area (Å²) in [6.45, 7) is 14.4. The largest absolute Gasteiger partial charge is 0.469 e. The van der Waals surface area contributed by atoms with E-state index in [4.69, 9.17) is 4.74 Å². The Hall–Kier alpha value is -0.610. The average molecular weight is 475 g/mol. The highest BCUT2D eigenvalue weighted by molar-refractivity contribution is 5.69. The molecule has 4 saturated carbocycles. The molecule has 4 fully saturated rings. The fourth-order valence-electron chi connectivity index (χ4n) is 9.70. The van der Waals surface area contributed by atoms with Gasteiger partial charge in [-0.15, -0.1) is 0 Å². The molecule has 3 unspecified atom stereocenters. The second-order valence-corrected chi connectivity index (χ2v) is 13.5. The number of carbonyl (C=O) groups excluding carboxylic acids is 1. The molecule has 0 aromatic heterocycles. The Labute approximate surface area is 210 Å². The number of hydrogen-bond donors (Lipinski definition) is 2. The van der Waals surface area contributed by atoms with Gasteiger partial charge in [-0.1, -0.05) is 34.6 Å². The molecule has 4 aliphatic carbocycles. The van der Waals surface area contributed by atoms with Crippen molar-refractivity contribution < 1.29 is 9.53 Å². The Morgan fingerprint density at radius 2 is 1.68 bits per heavy atom. The minimum absolute atomic E-state index is 0.0391. The highest BCUT2D eigenvalue weighted by atomic mass is 16.5. The van der Waals surface area contributed by atoms with Gasteiger partial charge in [0.15, 0.2) is 0 Å². The molecule has 0 aromatic rings. The molecule has 196 valence electrons. The molecule has 34 heavy (non-hydrogen) atoms. The molecule has 4 aliphatic rings. The predicted octanol–water partition coefficient (Wildman–Crippen LogP) is 6.19. The molecule has 4 rings (SSSR count). The molecular formula is C30H54N2O2. The maximum absolute atomic E-state index is 11.7. The summed E-state index contributed by atoms with van der Waals surface area (Å²) in [4.78, 5) is 11.7. The quantitative estimate of drug-likeness (QED) is 0.309. The normalized spacial score (nSPS) is 42.6. The lowest BCUT2D eigenvalue weighted by atomic mass is 9.44. The van der Waals surface area contributed by atoms with Gasteiger partial charge in [0.05, 0.1) is 7.11 Å². The lowest BCUT2D eigenvalue weighted by molar-refractivity contribution is -0.141. The minimum atomic E-state index is -0.0391. The van der Waals surface area contributed by atoms with Gasteiger partial charge >= 0.3 is 5.97 Å². The second kappa shape index (κ2) is 10.8. The van der Waals surface area contributed by atoms with Crippen molar-refractivity contribution in [3.05, 3.63) is 0 Å². The molecule has 9 atom stereocenters. The van der Waals surface area contributed by atoms with E-state index in [0.717, 1.165) is 55.1 Å². The van der Waals surface area contributed by atoms with Crippen molar-refractivity contribution in [3.8, 4) is 0 Å². The first-order valence-electron chi connectivity index (χ1n) is 14.7. The Balaban J connectivity index is 1.36. The Bertz CT molecular complexity index is 695. The summed E-state index contributed by atoms with van der Waals surface area (Å²) in [5.74, 6) is 5.08. The van der Waals surface area contributed by atoms with Gasteiger partial charge in [-0.25, -0.2) is 0 Å². The third-order valence-electron chi connectivity index (χ3n) is 11.6. The summed E-state index contributed by atoms with van der Waals surface area (Å²) >= 11 is 0. The van der Waals surface area contributed by atoms with Crippen molar-refractivity contribution >= 4 is 5.97 Å². The van der Waals surface area contributed by atoms with Crippen LogP contribution in [-0.4, -0.2) is 38.3 Å². The number of nitrogens with one attached hydrogen (secondary N) is 2. The van der Waals surface area contributed by atoms with Crippen LogP contribution in [0, 0.1) is 46.3 Å². The Kier molecular flexibility index (Phi) is 8.39. The second-order valence-electron chi connectivity index (χ2n) is 13.5. The van der Waals surface area contributed by atoms with E-state index in [2.05, 4.69) is 45.3 Å². The van der Waals surface area contributed by atoms with Crippen LogP contribution in [0.2, 0.25) is 0 Å². The summed E-state index contributed by atoms with van der Waals surface area (Å²) in [6.07, 6.45) is 14.4. The number of esters is 1. The van der Waals surface area contributed by atoms with Crippen molar-refractivity contribution in [2.75, 3.05) is 20.2 Å². The van der Waals surface area contributed by atoms with E-state index in [1.54, 1.807) is 0 Å². The summed E-state index contributed by atoms with van der Waals surface area (Å²) in [6, 6.07) is 1.30. The van der Waals surface area contributed by atoms with Crippen LogP contribution < -0.4 is 10.6 Å². The van der Waals surface area contributed by atoms with Crippen molar-refractivity contribution in [1.29, 1.82) is 0 Å². The number of methoxy groups -OCH3 is 1. The van der Waals surface area contributed by atoms with Gasteiger partial charge < -0.3 is 15.4 Å². The third-order valence-corrected chi connectivity index (χ3v) is 11.6. The molecule has 2 N–H and O–H groups in total. The lowest BCUT2D eigenvalue weighted by Gasteiger charge is -2.61. The van der Waals surface area contributed by atoms with Crippen LogP contribution in [-0.2, 0) is 9.53 Å². The number of carbonyl (C=O) groups is 1. The SMILES string of the molecule is COC(=O)CC[C@@H](C)[C@H]1CCC2C3CC[C@@H]4C[C@@H](NCCNC(C)C)CC[C@]4(C)C3CC[C@@]21C. The molecule has 0 aliphatic heterocycles. The van der Waals surface area contributed by atoms with Crippen LogP contribution in [0.3, 0.4) is 0 Å². The van der Waals surface area contributed by atoms with Crippen LogP contribution in [0.4, 0.5) is 0 Å². The fraction of sp³-hybridized carbons (Fsp3) is 0.967. The maximum Gasteiger partial charge on any atom is 0.305 e. The summed E-state index contributed by atoms with van der Waals surface area (Å²) in [7, 11) is 1.52. The van der Waals surface area contributed by atoms with Crippen molar-refractivity contribution in [2.45, 2.75) is 117 Å². The number of ether oxygens (including phenoxy) is 1. The summed E-state index contributed by atoms with van der Waals surface area (Å²) < 4.78 is 4.92. The van der Waals surface area contributed by atoms with Crippen molar-refractivity contribution in [3.63, 3.8) is 0 Å². The highest BCUT2D eigenvalue weighted by Crippen LogP contribution is 2.68. The van der Waals surface area contributed by atoms with Crippen LogP contribution in [0.25, 0.3) is 0 Å². The molecule has 0 spiro atoms. The van der Waals surface area contributed by atoms with Gasteiger partial charge in [0, 0.05) is 31.6 Å². The molecular weight excluding hydrogens is 420 g/mol. The van der Waals surface area contributed by atoms with Gasteiger partial charge in [-0.3, -0.25) is 4.79 Å². The number of fused-ring (bicyclic) bond motifs is 5. The topological polar surface area (TPSA) is 50.4 Å². The van der Waals surface area contributed by atoms with Gasteiger partial charge in [-0.2, -0.15) is 0 Å². The number of hydrogen-bond acceptors (Lipinski definition) is 4. The first-order valence-corrected chi connectivity index (χ1v) is 14.7. The number of rotatable bonds is 9. The minimum Gasteiger partial charge on any atom is -0.469 e. The molecule has 4 nitrogen and oxygen atoms in total. The van der Waals surface area contributed by atoms with E-state index >= 15 is 0 Å². The van der Waals surface area contributed by atoms with E-state index in [-0.39, 0.29) is 5.97 Å². The summed E-state index contributed by atoms with van der Waals surface area (Å²) in [5, 5.41) is 7.44. The van der Waals surface area contributed by atoms with Crippen LogP contribution in [0.1, 0.15) is 105 Å². The lowest BCUT2D eigenvalue weighted by Crippen LogP contribution is -2.55. The highest BCUT2D eigenvalue weighted by Gasteiger charge is 2.60. The monoisotopic (exact) mass is 474 g/mol. The first kappa shape index (κ1) is 26.5. The zero-order valence-electron chi connectivity index (χ0n) is 23.1. The predicted molar refractivity (Wildman–Crippen MR) is 141 cm³/mol. The van der Waals surface area contributed by atoms with E-state index < -0.39 is 0 Å². The maximum atomic E-state index is 11.7. The zero-order chi connectivity index (χ0) is 24.5. The zero-order valence-corrected chi connectivity index (χ0v) is 23.1. The molecule has 0 aromatic carbocycles. The van der Waals surface area contributed by atoms with Crippen molar-refractivity contribution in [2.24, 2.45) is 46.3 Å². The molecule has 0 heterocycles. The molecule has 0 bridgehead atoms. The van der Waals surface area contributed by atoms with E-state index in [0.29, 0.717) is 29.2 Å². The molecule has 4 heteroatoms. The van der Waals surface area contributed by atoms with Gasteiger partial charge in [0.2, 0.25) is 0 Å². The van der Waals surface area contributed by atoms with Crippen LogP contribution in [0.15, 0.2) is 0 Å². The van der Waals surface area contributed by atoms with E-state index in [9.17, 15) is 4.79 Å². The molecule has 0 amide bonds.